The Kier molecular flexibility index (Phi) is 8.42. The third-order valence-electron chi connectivity index (χ3n) is 8.18. The first kappa shape index (κ1) is 27.4. The van der Waals surface area contributed by atoms with E-state index in [-0.39, 0.29) is 5.97 Å². The number of aryl methyl sites for hydroxylation is 4. The molecule has 3 aromatic rings. The molecule has 1 atom stereocenters. The Bertz CT molecular complexity index is 1230. The fourth-order valence-electron chi connectivity index (χ4n) is 5.65. The number of carbonyl (C=O) groups is 1. The Labute approximate surface area is 223 Å². The lowest BCUT2D eigenvalue weighted by atomic mass is 9.87. The van der Waals surface area contributed by atoms with Gasteiger partial charge in [0.25, 0.3) is 0 Å². The largest absolute Gasteiger partial charge is 0.415 e. The van der Waals surface area contributed by atoms with E-state index in [1.807, 2.05) is 27.0 Å². The standard InChI is InChI=1S/C32H46N3O2/c1-7-8-9-10-17-32(4,5)31(36)37-23-35(6)19-16-30-28(22-35)27-20-24(2)11-14-29(27)34(30)18-15-26-13-12-25(3)33-21-26/h11-14,20-21H,7-10,15-19,22-23H2,1-6H3/q+1. The zero-order valence-electron chi connectivity index (χ0n) is 23.9. The third kappa shape index (κ3) is 6.43. The van der Waals surface area contributed by atoms with Crippen LogP contribution >= 0.6 is 0 Å². The highest BCUT2D eigenvalue weighted by atomic mass is 16.5. The lowest BCUT2D eigenvalue weighted by molar-refractivity contribution is -0.940. The number of carbonyl (C=O) groups excluding carboxylic acids is 1. The molecule has 1 aliphatic rings. The Morgan fingerprint density at radius 2 is 1.95 bits per heavy atom. The molecule has 1 unspecified atom stereocenters. The van der Waals surface area contributed by atoms with Crippen LogP contribution < -0.4 is 0 Å². The van der Waals surface area contributed by atoms with Crippen molar-refractivity contribution in [3.63, 3.8) is 0 Å². The van der Waals surface area contributed by atoms with Crippen LogP contribution in [0.3, 0.4) is 0 Å². The van der Waals surface area contributed by atoms with Crippen molar-refractivity contribution < 1.29 is 14.0 Å². The number of aromatic nitrogens is 2. The van der Waals surface area contributed by atoms with Crippen LogP contribution in [0.5, 0.6) is 0 Å². The van der Waals surface area contributed by atoms with Crippen molar-refractivity contribution >= 4 is 16.9 Å². The molecule has 37 heavy (non-hydrogen) atoms. The number of quaternary nitrogens is 1. The van der Waals surface area contributed by atoms with Crippen LogP contribution in [-0.4, -0.2) is 40.3 Å². The van der Waals surface area contributed by atoms with Gasteiger partial charge in [0.1, 0.15) is 6.54 Å². The minimum absolute atomic E-state index is 0.0564. The highest BCUT2D eigenvalue weighted by Gasteiger charge is 2.36. The summed E-state index contributed by atoms with van der Waals surface area (Å²) >= 11 is 0. The maximum Gasteiger partial charge on any atom is 0.315 e. The lowest BCUT2D eigenvalue weighted by Gasteiger charge is -2.38. The Balaban J connectivity index is 1.49. The molecule has 0 saturated heterocycles. The quantitative estimate of drug-likeness (QED) is 0.162. The summed E-state index contributed by atoms with van der Waals surface area (Å²) in [4.78, 5) is 17.5. The molecule has 0 fully saturated rings. The maximum atomic E-state index is 13.0. The molecule has 2 aromatic heterocycles. The van der Waals surface area contributed by atoms with E-state index < -0.39 is 5.41 Å². The van der Waals surface area contributed by atoms with E-state index >= 15 is 0 Å². The molecular formula is C32H46N3O2+. The molecule has 0 radical (unpaired) electrons. The number of esters is 1. The lowest BCUT2D eigenvalue weighted by Crippen LogP contribution is -2.50. The second-order valence-electron chi connectivity index (χ2n) is 12.2. The van der Waals surface area contributed by atoms with Crippen molar-refractivity contribution in [2.75, 3.05) is 20.3 Å². The number of nitrogens with zero attached hydrogens (tertiary/aromatic N) is 3. The van der Waals surface area contributed by atoms with E-state index in [2.05, 4.69) is 60.8 Å². The summed E-state index contributed by atoms with van der Waals surface area (Å²) in [6, 6.07) is 11.1. The van der Waals surface area contributed by atoms with E-state index in [1.165, 1.54) is 52.5 Å². The molecular weight excluding hydrogens is 458 g/mol. The van der Waals surface area contributed by atoms with Gasteiger partial charge in [-0.25, -0.2) is 0 Å². The van der Waals surface area contributed by atoms with Gasteiger partial charge in [-0.3, -0.25) is 14.3 Å². The second-order valence-corrected chi connectivity index (χ2v) is 12.2. The van der Waals surface area contributed by atoms with Crippen LogP contribution in [0.15, 0.2) is 36.5 Å². The molecule has 0 bridgehead atoms. The second kappa shape index (κ2) is 11.4. The molecule has 0 spiro atoms. The summed E-state index contributed by atoms with van der Waals surface area (Å²) in [5.74, 6) is -0.0564. The predicted octanol–water partition coefficient (Wildman–Crippen LogP) is 6.90. The van der Waals surface area contributed by atoms with Gasteiger partial charge in [0.2, 0.25) is 6.73 Å². The molecule has 200 valence electrons. The Morgan fingerprint density at radius 3 is 2.68 bits per heavy atom. The highest BCUT2D eigenvalue weighted by molar-refractivity contribution is 5.86. The van der Waals surface area contributed by atoms with Gasteiger partial charge < -0.3 is 9.30 Å². The van der Waals surface area contributed by atoms with Gasteiger partial charge in [-0.05, 0) is 64.3 Å². The van der Waals surface area contributed by atoms with Crippen molar-refractivity contribution in [3.05, 3.63) is 64.6 Å². The first-order valence-corrected chi connectivity index (χ1v) is 14.1. The first-order valence-electron chi connectivity index (χ1n) is 14.1. The van der Waals surface area contributed by atoms with Crippen LogP contribution in [0.2, 0.25) is 0 Å². The normalized spacial score (nSPS) is 17.7. The smallest absolute Gasteiger partial charge is 0.315 e. The van der Waals surface area contributed by atoms with Crippen molar-refractivity contribution in [1.29, 1.82) is 0 Å². The number of benzene rings is 1. The van der Waals surface area contributed by atoms with Crippen LogP contribution in [0, 0.1) is 19.3 Å². The molecule has 0 saturated carbocycles. The Hall–Kier alpha value is -2.66. The van der Waals surface area contributed by atoms with Gasteiger partial charge in [0.15, 0.2) is 0 Å². The van der Waals surface area contributed by atoms with Crippen LogP contribution in [0.1, 0.15) is 81.0 Å². The van der Waals surface area contributed by atoms with Crippen LogP contribution in [0.25, 0.3) is 10.9 Å². The number of likely N-dealkylation sites (N-methyl/N-ethyl adjacent to an activating group) is 1. The molecule has 4 rings (SSSR count). The monoisotopic (exact) mass is 504 g/mol. The number of hydrogen-bond acceptors (Lipinski definition) is 3. The number of rotatable bonds is 11. The predicted molar refractivity (Wildman–Crippen MR) is 151 cm³/mol. The number of pyridine rings is 1. The number of ether oxygens (including phenoxy) is 1. The minimum atomic E-state index is -0.425. The fourth-order valence-corrected chi connectivity index (χ4v) is 5.65. The van der Waals surface area contributed by atoms with Gasteiger partial charge in [0.05, 0.1) is 19.0 Å². The van der Waals surface area contributed by atoms with Gasteiger partial charge in [0, 0.05) is 47.0 Å². The van der Waals surface area contributed by atoms with E-state index in [4.69, 9.17) is 4.74 Å². The molecule has 1 aromatic carbocycles. The average Bonchev–Trinajstić information content (AvgIpc) is 3.16. The summed E-state index contributed by atoms with van der Waals surface area (Å²) < 4.78 is 9.26. The highest BCUT2D eigenvalue weighted by Crippen LogP contribution is 2.35. The average molecular weight is 505 g/mol. The van der Waals surface area contributed by atoms with Gasteiger partial charge in [-0.15, -0.1) is 0 Å². The van der Waals surface area contributed by atoms with Crippen molar-refractivity contribution in [2.45, 2.75) is 92.7 Å². The first-order chi connectivity index (χ1) is 17.6. The third-order valence-corrected chi connectivity index (χ3v) is 8.18. The molecule has 0 aliphatic carbocycles. The van der Waals surface area contributed by atoms with Crippen molar-refractivity contribution in [2.24, 2.45) is 5.41 Å². The number of fused-ring (bicyclic) bond motifs is 3. The summed E-state index contributed by atoms with van der Waals surface area (Å²) in [6.07, 6.45) is 9.57. The van der Waals surface area contributed by atoms with E-state index in [0.29, 0.717) is 6.73 Å². The minimum Gasteiger partial charge on any atom is -0.415 e. The zero-order chi connectivity index (χ0) is 26.6. The van der Waals surface area contributed by atoms with E-state index in [1.54, 1.807) is 0 Å². The van der Waals surface area contributed by atoms with Gasteiger partial charge in [-0.1, -0.05) is 50.3 Å². The Morgan fingerprint density at radius 1 is 1.14 bits per heavy atom. The number of unbranched alkanes of at least 4 members (excludes halogenated alkanes) is 3. The van der Waals surface area contributed by atoms with Gasteiger partial charge in [-0.2, -0.15) is 0 Å². The van der Waals surface area contributed by atoms with E-state index in [9.17, 15) is 4.79 Å². The molecule has 1 aliphatic heterocycles. The molecule has 0 N–H and O–H groups in total. The van der Waals surface area contributed by atoms with Crippen LogP contribution in [0.4, 0.5) is 0 Å². The van der Waals surface area contributed by atoms with E-state index in [0.717, 1.165) is 55.5 Å². The van der Waals surface area contributed by atoms with Crippen molar-refractivity contribution in [3.8, 4) is 0 Å². The van der Waals surface area contributed by atoms with Gasteiger partial charge >= 0.3 is 5.97 Å². The number of hydrogen-bond donors (Lipinski definition) is 0. The van der Waals surface area contributed by atoms with Crippen molar-refractivity contribution in [1.82, 2.24) is 9.55 Å². The summed E-state index contributed by atoms with van der Waals surface area (Å²) in [5, 5.41) is 1.35. The topological polar surface area (TPSA) is 44.1 Å². The molecule has 0 amide bonds. The summed E-state index contributed by atoms with van der Waals surface area (Å²) in [6.45, 7) is 13.7. The van der Waals surface area contributed by atoms with Crippen LogP contribution in [-0.2, 0) is 35.5 Å². The summed E-state index contributed by atoms with van der Waals surface area (Å²) in [5.41, 5.74) is 7.37. The SMILES string of the molecule is CCCCCCC(C)(C)C(=O)OC[N+]1(C)CCc2c(c3cc(C)ccc3n2CCc2ccc(C)nc2)C1. The maximum absolute atomic E-state index is 13.0. The zero-order valence-corrected chi connectivity index (χ0v) is 23.9. The molecule has 3 heterocycles. The molecule has 5 heteroatoms. The summed E-state index contributed by atoms with van der Waals surface area (Å²) in [7, 11) is 2.24. The fraction of sp³-hybridized carbons (Fsp3) is 0.562. The molecule has 5 nitrogen and oxygen atoms in total.